The molecule has 0 atom stereocenters. The molecule has 1 N–H and O–H groups in total. The standard InChI is InChI=1S/C14H10O3/c15-14(16)12-7-3-6-11-10-5-2-1-4-9(10)8-17-13(11)12/h1-7H,8H2,(H,15,16). The summed E-state index contributed by atoms with van der Waals surface area (Å²) in [4.78, 5) is 11.1. The molecular weight excluding hydrogens is 216 g/mol. The maximum atomic E-state index is 11.1. The molecule has 0 saturated carbocycles. The van der Waals surface area contributed by atoms with Crippen molar-refractivity contribution in [1.29, 1.82) is 0 Å². The summed E-state index contributed by atoms with van der Waals surface area (Å²) in [6.45, 7) is 0.424. The molecule has 3 heteroatoms. The lowest BCUT2D eigenvalue weighted by atomic mass is 9.95. The molecule has 1 heterocycles. The minimum atomic E-state index is -0.957. The molecule has 0 amide bonds. The molecule has 17 heavy (non-hydrogen) atoms. The number of carboxylic acid groups (broad SMARTS) is 1. The summed E-state index contributed by atoms with van der Waals surface area (Å²) < 4.78 is 5.56. The van der Waals surface area contributed by atoms with Gasteiger partial charge in [0.1, 0.15) is 17.9 Å². The van der Waals surface area contributed by atoms with Gasteiger partial charge in [0.2, 0.25) is 0 Å². The van der Waals surface area contributed by atoms with Gasteiger partial charge < -0.3 is 9.84 Å². The highest BCUT2D eigenvalue weighted by Crippen LogP contribution is 2.39. The zero-order valence-electron chi connectivity index (χ0n) is 9.01. The van der Waals surface area contributed by atoms with Gasteiger partial charge in [-0.1, -0.05) is 36.4 Å². The molecular formula is C14H10O3. The van der Waals surface area contributed by atoms with E-state index in [1.165, 1.54) is 0 Å². The monoisotopic (exact) mass is 226 g/mol. The van der Waals surface area contributed by atoms with Crippen molar-refractivity contribution in [1.82, 2.24) is 0 Å². The van der Waals surface area contributed by atoms with Gasteiger partial charge in [0.25, 0.3) is 0 Å². The third-order valence-electron chi connectivity index (χ3n) is 2.92. The van der Waals surface area contributed by atoms with E-state index < -0.39 is 5.97 Å². The number of hydrogen-bond acceptors (Lipinski definition) is 2. The Bertz CT molecular complexity index is 602. The predicted octanol–water partition coefficient (Wildman–Crippen LogP) is 2.94. The van der Waals surface area contributed by atoms with Crippen LogP contribution in [0.1, 0.15) is 15.9 Å². The minimum Gasteiger partial charge on any atom is -0.487 e. The Morgan fingerprint density at radius 1 is 1.06 bits per heavy atom. The first-order valence-electron chi connectivity index (χ1n) is 5.35. The molecule has 0 fully saturated rings. The van der Waals surface area contributed by atoms with Gasteiger partial charge in [-0.2, -0.15) is 0 Å². The molecule has 3 rings (SSSR count). The molecule has 1 aliphatic heterocycles. The molecule has 0 bridgehead atoms. The molecule has 3 nitrogen and oxygen atoms in total. The van der Waals surface area contributed by atoms with Crippen molar-refractivity contribution >= 4 is 5.97 Å². The lowest BCUT2D eigenvalue weighted by molar-refractivity contribution is 0.0691. The number of carboxylic acids is 1. The molecule has 0 radical (unpaired) electrons. The molecule has 0 spiro atoms. The Labute approximate surface area is 98.3 Å². The van der Waals surface area contributed by atoms with Gasteiger partial charge in [0.05, 0.1) is 0 Å². The summed E-state index contributed by atoms with van der Waals surface area (Å²) in [6.07, 6.45) is 0. The number of aromatic carboxylic acids is 1. The van der Waals surface area contributed by atoms with Gasteiger partial charge in [0.15, 0.2) is 0 Å². The molecule has 2 aromatic rings. The van der Waals surface area contributed by atoms with Crippen LogP contribution in [-0.4, -0.2) is 11.1 Å². The summed E-state index contributed by atoms with van der Waals surface area (Å²) in [5, 5.41) is 9.11. The van der Waals surface area contributed by atoms with Crippen LogP contribution in [0.5, 0.6) is 5.75 Å². The van der Waals surface area contributed by atoms with Crippen molar-refractivity contribution in [3.05, 3.63) is 53.6 Å². The Balaban J connectivity index is 2.27. The Morgan fingerprint density at radius 3 is 2.65 bits per heavy atom. The Morgan fingerprint density at radius 2 is 1.82 bits per heavy atom. The normalized spacial score (nSPS) is 12.2. The first kappa shape index (κ1) is 9.90. The van der Waals surface area contributed by atoms with Gasteiger partial charge in [-0.15, -0.1) is 0 Å². The summed E-state index contributed by atoms with van der Waals surface area (Å²) in [6, 6.07) is 13.1. The van der Waals surface area contributed by atoms with Crippen molar-refractivity contribution in [3.63, 3.8) is 0 Å². The number of ether oxygens (including phenoxy) is 1. The van der Waals surface area contributed by atoms with Crippen LogP contribution in [0.4, 0.5) is 0 Å². The minimum absolute atomic E-state index is 0.219. The predicted molar refractivity (Wildman–Crippen MR) is 63.2 cm³/mol. The average molecular weight is 226 g/mol. The Hall–Kier alpha value is -2.29. The zero-order chi connectivity index (χ0) is 11.8. The molecule has 2 aromatic carbocycles. The second-order valence-corrected chi connectivity index (χ2v) is 3.93. The van der Waals surface area contributed by atoms with E-state index >= 15 is 0 Å². The van der Waals surface area contributed by atoms with E-state index in [0.29, 0.717) is 12.4 Å². The molecule has 84 valence electrons. The van der Waals surface area contributed by atoms with Crippen LogP contribution >= 0.6 is 0 Å². The summed E-state index contributed by atoms with van der Waals surface area (Å²) in [5.41, 5.74) is 3.21. The summed E-state index contributed by atoms with van der Waals surface area (Å²) in [7, 11) is 0. The number of carbonyl (C=O) groups is 1. The number of para-hydroxylation sites is 1. The van der Waals surface area contributed by atoms with E-state index in [1.807, 2.05) is 30.3 Å². The molecule has 1 aliphatic rings. The van der Waals surface area contributed by atoms with Gasteiger partial charge >= 0.3 is 5.97 Å². The fourth-order valence-corrected chi connectivity index (χ4v) is 2.13. The van der Waals surface area contributed by atoms with E-state index in [0.717, 1.165) is 16.7 Å². The third kappa shape index (κ3) is 1.47. The second kappa shape index (κ2) is 3.63. The highest BCUT2D eigenvalue weighted by molar-refractivity contribution is 5.95. The average Bonchev–Trinajstić information content (AvgIpc) is 2.37. The van der Waals surface area contributed by atoms with Gasteiger partial charge in [-0.05, 0) is 17.2 Å². The Kier molecular flexibility index (Phi) is 2.11. The van der Waals surface area contributed by atoms with E-state index in [9.17, 15) is 4.79 Å². The largest absolute Gasteiger partial charge is 0.487 e. The highest BCUT2D eigenvalue weighted by Gasteiger charge is 2.21. The molecule has 0 saturated heterocycles. The van der Waals surface area contributed by atoms with Gasteiger partial charge in [0, 0.05) is 5.56 Å². The lowest BCUT2D eigenvalue weighted by Crippen LogP contribution is -2.09. The summed E-state index contributed by atoms with van der Waals surface area (Å²) >= 11 is 0. The van der Waals surface area contributed by atoms with E-state index in [-0.39, 0.29) is 5.56 Å². The van der Waals surface area contributed by atoms with E-state index in [2.05, 4.69) is 0 Å². The van der Waals surface area contributed by atoms with Crippen LogP contribution in [0.2, 0.25) is 0 Å². The number of rotatable bonds is 1. The van der Waals surface area contributed by atoms with Crippen molar-refractivity contribution in [2.45, 2.75) is 6.61 Å². The van der Waals surface area contributed by atoms with Gasteiger partial charge in [-0.25, -0.2) is 4.79 Å². The fourth-order valence-electron chi connectivity index (χ4n) is 2.13. The first-order chi connectivity index (χ1) is 8.27. The van der Waals surface area contributed by atoms with Crippen molar-refractivity contribution in [3.8, 4) is 16.9 Å². The second-order valence-electron chi connectivity index (χ2n) is 3.93. The highest BCUT2D eigenvalue weighted by atomic mass is 16.5. The third-order valence-corrected chi connectivity index (χ3v) is 2.92. The first-order valence-corrected chi connectivity index (χ1v) is 5.35. The number of hydrogen-bond donors (Lipinski definition) is 1. The zero-order valence-corrected chi connectivity index (χ0v) is 9.01. The van der Waals surface area contributed by atoms with Crippen molar-refractivity contribution in [2.24, 2.45) is 0 Å². The summed E-state index contributed by atoms with van der Waals surface area (Å²) in [5.74, 6) is -0.486. The van der Waals surface area contributed by atoms with Crippen molar-refractivity contribution in [2.75, 3.05) is 0 Å². The van der Waals surface area contributed by atoms with Gasteiger partial charge in [-0.3, -0.25) is 0 Å². The quantitative estimate of drug-likeness (QED) is 0.813. The number of benzene rings is 2. The lowest BCUT2D eigenvalue weighted by Gasteiger charge is -2.21. The van der Waals surface area contributed by atoms with Crippen molar-refractivity contribution < 1.29 is 14.6 Å². The van der Waals surface area contributed by atoms with Crippen LogP contribution in [0.25, 0.3) is 11.1 Å². The van der Waals surface area contributed by atoms with Crippen LogP contribution in [0.15, 0.2) is 42.5 Å². The maximum Gasteiger partial charge on any atom is 0.339 e. The molecule has 0 aromatic heterocycles. The van der Waals surface area contributed by atoms with Crippen LogP contribution in [0, 0.1) is 0 Å². The van der Waals surface area contributed by atoms with E-state index in [4.69, 9.17) is 9.84 Å². The molecule has 0 aliphatic carbocycles. The molecule has 0 unspecified atom stereocenters. The topological polar surface area (TPSA) is 46.5 Å². The van der Waals surface area contributed by atoms with Crippen LogP contribution in [0.3, 0.4) is 0 Å². The fraction of sp³-hybridized carbons (Fsp3) is 0.0714. The SMILES string of the molecule is O=C(O)c1cccc2c1OCc1ccccc1-2. The van der Waals surface area contributed by atoms with Crippen LogP contribution in [-0.2, 0) is 6.61 Å². The van der Waals surface area contributed by atoms with Crippen LogP contribution < -0.4 is 4.74 Å². The smallest absolute Gasteiger partial charge is 0.339 e. The van der Waals surface area contributed by atoms with E-state index in [1.54, 1.807) is 12.1 Å². The number of fused-ring (bicyclic) bond motifs is 3. The maximum absolute atomic E-state index is 11.1.